The summed E-state index contributed by atoms with van der Waals surface area (Å²) in [6.07, 6.45) is 6.98. The van der Waals surface area contributed by atoms with E-state index in [9.17, 15) is 0 Å². The van der Waals surface area contributed by atoms with Gasteiger partial charge in [0.25, 0.3) is 0 Å². The molecule has 2 aliphatic rings. The standard InChI is InChI=1S/C19H29N/c1-19(2,3)16-10-8-14(9-11-16)15-12-17-6-5-7-18(13-15)20(17)4/h8-11,15,17-18H,5-7,12-13H2,1-4H3/t15-,17-,18+. The second kappa shape index (κ2) is 5.18. The first-order chi connectivity index (χ1) is 9.45. The van der Waals surface area contributed by atoms with E-state index in [4.69, 9.17) is 0 Å². The van der Waals surface area contributed by atoms with E-state index in [1.807, 2.05) is 0 Å². The van der Waals surface area contributed by atoms with Crippen molar-refractivity contribution in [2.75, 3.05) is 7.05 Å². The molecular formula is C19H29N. The van der Waals surface area contributed by atoms with Gasteiger partial charge in [0.05, 0.1) is 0 Å². The third-order valence-corrected chi connectivity index (χ3v) is 5.59. The van der Waals surface area contributed by atoms with E-state index < -0.39 is 0 Å². The molecule has 2 fully saturated rings. The molecule has 2 aliphatic heterocycles. The Labute approximate surface area is 124 Å². The minimum absolute atomic E-state index is 0.266. The molecule has 0 amide bonds. The molecule has 0 aliphatic carbocycles. The number of fused-ring (bicyclic) bond motifs is 2. The van der Waals surface area contributed by atoms with Crippen molar-refractivity contribution in [3.05, 3.63) is 35.4 Å². The number of hydrogen-bond acceptors (Lipinski definition) is 1. The van der Waals surface area contributed by atoms with Gasteiger partial charge in [0, 0.05) is 12.1 Å². The Kier molecular flexibility index (Phi) is 3.66. The van der Waals surface area contributed by atoms with Gasteiger partial charge >= 0.3 is 0 Å². The maximum atomic E-state index is 2.66. The summed E-state index contributed by atoms with van der Waals surface area (Å²) in [6.45, 7) is 6.88. The van der Waals surface area contributed by atoms with Crippen LogP contribution in [-0.2, 0) is 5.41 Å². The highest BCUT2D eigenvalue weighted by atomic mass is 15.2. The predicted octanol–water partition coefficient (Wildman–Crippen LogP) is 4.71. The summed E-state index contributed by atoms with van der Waals surface area (Å²) in [5.41, 5.74) is 3.29. The third kappa shape index (κ3) is 2.65. The molecule has 1 aromatic rings. The minimum Gasteiger partial charge on any atom is -0.300 e. The van der Waals surface area contributed by atoms with Gasteiger partial charge < -0.3 is 4.90 Å². The number of benzene rings is 1. The molecule has 2 heterocycles. The summed E-state index contributed by atoms with van der Waals surface area (Å²) >= 11 is 0. The summed E-state index contributed by atoms with van der Waals surface area (Å²) in [7, 11) is 2.34. The van der Waals surface area contributed by atoms with Crippen LogP contribution in [0.15, 0.2) is 24.3 Å². The monoisotopic (exact) mass is 271 g/mol. The first-order valence-corrected chi connectivity index (χ1v) is 8.27. The second-order valence-electron chi connectivity index (χ2n) is 7.94. The molecule has 3 atom stereocenters. The Bertz CT molecular complexity index is 440. The fraction of sp³-hybridized carbons (Fsp3) is 0.684. The molecular weight excluding hydrogens is 242 g/mol. The lowest BCUT2D eigenvalue weighted by atomic mass is 9.75. The predicted molar refractivity (Wildman–Crippen MR) is 86.3 cm³/mol. The topological polar surface area (TPSA) is 3.24 Å². The smallest absolute Gasteiger partial charge is 0.0101 e. The molecule has 0 saturated carbocycles. The largest absolute Gasteiger partial charge is 0.300 e. The van der Waals surface area contributed by atoms with Gasteiger partial charge in [0.1, 0.15) is 0 Å². The van der Waals surface area contributed by atoms with E-state index >= 15 is 0 Å². The maximum Gasteiger partial charge on any atom is 0.0101 e. The number of nitrogens with zero attached hydrogens (tertiary/aromatic N) is 1. The average Bonchev–Trinajstić information content (AvgIpc) is 2.37. The van der Waals surface area contributed by atoms with Crippen molar-refractivity contribution in [3.63, 3.8) is 0 Å². The molecule has 2 bridgehead atoms. The van der Waals surface area contributed by atoms with Crippen molar-refractivity contribution in [3.8, 4) is 0 Å². The molecule has 20 heavy (non-hydrogen) atoms. The molecule has 1 aromatic carbocycles. The van der Waals surface area contributed by atoms with E-state index in [1.54, 1.807) is 5.56 Å². The highest BCUT2D eigenvalue weighted by Gasteiger charge is 2.36. The average molecular weight is 271 g/mol. The fourth-order valence-corrected chi connectivity index (χ4v) is 4.14. The summed E-state index contributed by atoms with van der Waals surface area (Å²) in [4.78, 5) is 2.66. The van der Waals surface area contributed by atoms with Crippen LogP contribution in [0, 0.1) is 0 Å². The lowest BCUT2D eigenvalue weighted by Crippen LogP contribution is -2.49. The normalized spacial score (nSPS) is 31.3. The number of piperidine rings is 2. The van der Waals surface area contributed by atoms with E-state index in [0.717, 1.165) is 18.0 Å². The lowest BCUT2D eigenvalue weighted by molar-refractivity contribution is 0.0555. The first kappa shape index (κ1) is 14.1. The zero-order chi connectivity index (χ0) is 14.3. The van der Waals surface area contributed by atoms with Crippen LogP contribution in [-0.4, -0.2) is 24.0 Å². The van der Waals surface area contributed by atoms with Gasteiger partial charge in [-0.05, 0) is 55.2 Å². The van der Waals surface area contributed by atoms with Crippen LogP contribution in [0.5, 0.6) is 0 Å². The molecule has 0 unspecified atom stereocenters. The zero-order valence-corrected chi connectivity index (χ0v) is 13.5. The Balaban J connectivity index is 1.77. The minimum atomic E-state index is 0.266. The molecule has 0 radical (unpaired) electrons. The number of rotatable bonds is 1. The van der Waals surface area contributed by atoms with Gasteiger partial charge in [0.15, 0.2) is 0 Å². The fourth-order valence-electron chi connectivity index (χ4n) is 4.14. The van der Waals surface area contributed by atoms with E-state index in [-0.39, 0.29) is 5.41 Å². The van der Waals surface area contributed by atoms with Gasteiger partial charge in [-0.2, -0.15) is 0 Å². The second-order valence-corrected chi connectivity index (χ2v) is 7.94. The summed E-state index contributed by atoms with van der Waals surface area (Å²) < 4.78 is 0. The summed E-state index contributed by atoms with van der Waals surface area (Å²) in [5.74, 6) is 0.788. The first-order valence-electron chi connectivity index (χ1n) is 8.27. The SMILES string of the molecule is CN1[C@@H]2CCC[C@H]1C[C@H](c1ccc(C(C)(C)C)cc1)C2. The van der Waals surface area contributed by atoms with E-state index in [2.05, 4.69) is 57.0 Å². The molecule has 3 rings (SSSR count). The molecule has 0 aromatic heterocycles. The highest BCUT2D eigenvalue weighted by Crippen LogP contribution is 2.40. The van der Waals surface area contributed by atoms with Crippen LogP contribution in [0.2, 0.25) is 0 Å². The third-order valence-electron chi connectivity index (χ3n) is 5.59. The van der Waals surface area contributed by atoms with Gasteiger partial charge in [-0.15, -0.1) is 0 Å². The van der Waals surface area contributed by atoms with Crippen LogP contribution >= 0.6 is 0 Å². The van der Waals surface area contributed by atoms with Gasteiger partial charge in [-0.25, -0.2) is 0 Å². The van der Waals surface area contributed by atoms with Crippen molar-refractivity contribution in [1.82, 2.24) is 4.90 Å². The Morgan fingerprint density at radius 1 is 0.950 bits per heavy atom. The van der Waals surface area contributed by atoms with Crippen molar-refractivity contribution < 1.29 is 0 Å². The van der Waals surface area contributed by atoms with Crippen molar-refractivity contribution in [2.24, 2.45) is 0 Å². The lowest BCUT2D eigenvalue weighted by Gasteiger charge is -2.47. The van der Waals surface area contributed by atoms with Crippen molar-refractivity contribution >= 4 is 0 Å². The summed E-state index contributed by atoms with van der Waals surface area (Å²) in [6, 6.07) is 11.1. The van der Waals surface area contributed by atoms with E-state index in [0.29, 0.717) is 0 Å². The molecule has 0 spiro atoms. The Morgan fingerprint density at radius 3 is 2.00 bits per heavy atom. The Hall–Kier alpha value is -0.820. The summed E-state index contributed by atoms with van der Waals surface area (Å²) in [5, 5.41) is 0. The maximum absolute atomic E-state index is 2.66. The van der Waals surface area contributed by atoms with Gasteiger partial charge in [-0.1, -0.05) is 51.5 Å². The van der Waals surface area contributed by atoms with Crippen molar-refractivity contribution in [1.29, 1.82) is 0 Å². The molecule has 0 N–H and O–H groups in total. The zero-order valence-electron chi connectivity index (χ0n) is 13.5. The number of hydrogen-bond donors (Lipinski definition) is 0. The molecule has 2 saturated heterocycles. The van der Waals surface area contributed by atoms with Gasteiger partial charge in [0.2, 0.25) is 0 Å². The molecule has 1 nitrogen and oxygen atoms in total. The van der Waals surface area contributed by atoms with Gasteiger partial charge in [-0.3, -0.25) is 0 Å². The van der Waals surface area contributed by atoms with Crippen LogP contribution in [0.3, 0.4) is 0 Å². The molecule has 1 heteroatoms. The van der Waals surface area contributed by atoms with Crippen LogP contribution in [0.1, 0.15) is 69.9 Å². The van der Waals surface area contributed by atoms with E-state index in [1.165, 1.54) is 37.7 Å². The Morgan fingerprint density at radius 2 is 1.50 bits per heavy atom. The van der Waals surface area contributed by atoms with Crippen molar-refractivity contribution in [2.45, 2.75) is 76.3 Å². The van der Waals surface area contributed by atoms with Crippen LogP contribution in [0.4, 0.5) is 0 Å². The molecule has 110 valence electrons. The van der Waals surface area contributed by atoms with Crippen LogP contribution in [0.25, 0.3) is 0 Å². The highest BCUT2D eigenvalue weighted by molar-refractivity contribution is 5.30. The quantitative estimate of drug-likeness (QED) is 0.714. The van der Waals surface area contributed by atoms with Crippen LogP contribution < -0.4 is 0 Å².